The first-order chi connectivity index (χ1) is 9.15. The Hall–Kier alpha value is -2.14. The number of aryl methyl sites for hydroxylation is 2. The number of nitrogens with one attached hydrogen (secondary N) is 1. The van der Waals surface area contributed by atoms with Crippen LogP contribution >= 0.6 is 0 Å². The highest BCUT2D eigenvalue weighted by Gasteiger charge is 2.16. The molecule has 2 aromatic rings. The molecule has 0 atom stereocenters. The number of aliphatic hydroxyl groups excluding tert-OH is 1. The molecule has 5 nitrogen and oxygen atoms in total. The number of hydrogen-bond donors (Lipinski definition) is 2. The van der Waals surface area contributed by atoms with Gasteiger partial charge in [0.2, 0.25) is 0 Å². The lowest BCUT2D eigenvalue weighted by Gasteiger charge is -2.07. The van der Waals surface area contributed by atoms with Crippen molar-refractivity contribution >= 4 is 11.6 Å². The van der Waals surface area contributed by atoms with Crippen LogP contribution in [0.4, 0.5) is 5.69 Å². The number of anilines is 1. The molecule has 0 aliphatic rings. The summed E-state index contributed by atoms with van der Waals surface area (Å²) in [5.74, 6) is 0.737. The molecular formula is C14H16N2O3. The van der Waals surface area contributed by atoms with Crippen molar-refractivity contribution in [3.05, 3.63) is 47.2 Å². The van der Waals surface area contributed by atoms with Crippen molar-refractivity contribution in [2.24, 2.45) is 0 Å². The van der Waals surface area contributed by atoms with Crippen LogP contribution in [0.2, 0.25) is 0 Å². The number of carbonyl (C=O) groups excluding carboxylic acids is 1. The average molecular weight is 260 g/mol. The number of amides is 1. The van der Waals surface area contributed by atoms with Crippen molar-refractivity contribution < 1.29 is 14.3 Å². The number of nitrogens with zero attached hydrogens (tertiary/aromatic N) is 1. The second-order valence-corrected chi connectivity index (χ2v) is 4.22. The Morgan fingerprint density at radius 2 is 2.32 bits per heavy atom. The van der Waals surface area contributed by atoms with E-state index < -0.39 is 0 Å². The van der Waals surface area contributed by atoms with E-state index in [1.54, 1.807) is 12.3 Å². The Kier molecular flexibility index (Phi) is 3.97. The number of rotatable bonds is 4. The lowest BCUT2D eigenvalue weighted by molar-refractivity contribution is 0.0994. The molecule has 2 N–H and O–H groups in total. The van der Waals surface area contributed by atoms with Gasteiger partial charge in [-0.1, -0.05) is 6.92 Å². The number of furan rings is 1. The maximum Gasteiger partial charge on any atom is 0.291 e. The van der Waals surface area contributed by atoms with Crippen molar-refractivity contribution in [2.45, 2.75) is 26.9 Å². The Balaban J connectivity index is 2.23. The van der Waals surface area contributed by atoms with E-state index in [4.69, 9.17) is 4.42 Å². The van der Waals surface area contributed by atoms with Gasteiger partial charge in [0.25, 0.3) is 5.91 Å². The smallest absolute Gasteiger partial charge is 0.291 e. The van der Waals surface area contributed by atoms with Crippen molar-refractivity contribution in [1.29, 1.82) is 0 Å². The summed E-state index contributed by atoms with van der Waals surface area (Å²) in [6.07, 6.45) is 3.81. The Morgan fingerprint density at radius 1 is 1.53 bits per heavy atom. The first-order valence-electron chi connectivity index (χ1n) is 6.10. The molecule has 2 aromatic heterocycles. The molecule has 0 aromatic carbocycles. The summed E-state index contributed by atoms with van der Waals surface area (Å²) < 4.78 is 5.48. The molecule has 19 heavy (non-hydrogen) atoms. The quantitative estimate of drug-likeness (QED) is 0.884. The average Bonchev–Trinajstić information content (AvgIpc) is 2.80. The molecule has 2 rings (SSSR count). The molecule has 0 fully saturated rings. The third-order valence-electron chi connectivity index (χ3n) is 2.85. The van der Waals surface area contributed by atoms with Crippen LogP contribution in [0, 0.1) is 6.92 Å². The molecule has 0 aliphatic carbocycles. The summed E-state index contributed by atoms with van der Waals surface area (Å²) in [6.45, 7) is 3.63. The van der Waals surface area contributed by atoms with E-state index in [2.05, 4.69) is 10.3 Å². The second kappa shape index (κ2) is 5.67. The van der Waals surface area contributed by atoms with E-state index in [1.165, 1.54) is 6.20 Å². The zero-order chi connectivity index (χ0) is 13.8. The number of aliphatic hydroxyl groups is 1. The minimum absolute atomic E-state index is 0.157. The summed E-state index contributed by atoms with van der Waals surface area (Å²) in [4.78, 5) is 16.0. The normalized spacial score (nSPS) is 10.5. The summed E-state index contributed by atoms with van der Waals surface area (Å²) in [5.41, 5.74) is 1.90. The molecule has 5 heteroatoms. The molecule has 0 saturated heterocycles. The van der Waals surface area contributed by atoms with Gasteiger partial charge in [-0.05, 0) is 19.1 Å². The highest BCUT2D eigenvalue weighted by Crippen LogP contribution is 2.19. The van der Waals surface area contributed by atoms with Crippen molar-refractivity contribution in [3.63, 3.8) is 0 Å². The summed E-state index contributed by atoms with van der Waals surface area (Å²) in [7, 11) is 0. The molecule has 0 saturated carbocycles. The summed E-state index contributed by atoms with van der Waals surface area (Å²) in [6, 6.07) is 3.51. The van der Waals surface area contributed by atoms with Crippen LogP contribution < -0.4 is 5.32 Å². The molecule has 0 radical (unpaired) electrons. The fourth-order valence-corrected chi connectivity index (χ4v) is 1.80. The van der Waals surface area contributed by atoms with Crippen molar-refractivity contribution in [2.75, 3.05) is 5.32 Å². The van der Waals surface area contributed by atoms with Gasteiger partial charge >= 0.3 is 0 Å². The van der Waals surface area contributed by atoms with Crippen LogP contribution in [0.3, 0.4) is 0 Å². The van der Waals surface area contributed by atoms with E-state index in [9.17, 15) is 9.90 Å². The molecule has 0 bridgehead atoms. The van der Waals surface area contributed by atoms with Crippen molar-refractivity contribution in [1.82, 2.24) is 4.98 Å². The lowest BCUT2D eigenvalue weighted by atomic mass is 10.2. The van der Waals surface area contributed by atoms with Crippen LogP contribution in [0.15, 0.2) is 28.9 Å². The zero-order valence-corrected chi connectivity index (χ0v) is 10.9. The SMILES string of the molecule is CCc1cc(C)c(C(=O)Nc2cnccc2CO)o1. The third-order valence-corrected chi connectivity index (χ3v) is 2.85. The topological polar surface area (TPSA) is 75.4 Å². The van der Waals surface area contributed by atoms with E-state index in [0.29, 0.717) is 17.0 Å². The highest BCUT2D eigenvalue weighted by molar-refractivity contribution is 6.03. The van der Waals surface area contributed by atoms with Gasteiger partial charge in [0, 0.05) is 23.7 Å². The molecule has 0 spiro atoms. The fraction of sp³-hybridized carbons (Fsp3) is 0.286. The standard InChI is InChI=1S/C14H16N2O3/c1-3-11-6-9(2)13(19-11)14(18)16-12-7-15-5-4-10(12)8-17/h4-7,17H,3,8H2,1-2H3,(H,16,18). The minimum Gasteiger partial charge on any atom is -0.456 e. The van der Waals surface area contributed by atoms with Gasteiger partial charge in [-0.2, -0.15) is 0 Å². The van der Waals surface area contributed by atoms with Crippen LogP contribution in [-0.4, -0.2) is 16.0 Å². The third kappa shape index (κ3) is 2.82. The minimum atomic E-state index is -0.333. The monoisotopic (exact) mass is 260 g/mol. The van der Waals surface area contributed by atoms with Crippen LogP contribution in [0.25, 0.3) is 0 Å². The lowest BCUT2D eigenvalue weighted by Crippen LogP contribution is -2.13. The highest BCUT2D eigenvalue weighted by atomic mass is 16.4. The summed E-state index contributed by atoms with van der Waals surface area (Å²) >= 11 is 0. The predicted octanol–water partition coefficient (Wildman–Crippen LogP) is 2.29. The Labute approximate surface area is 111 Å². The molecular weight excluding hydrogens is 244 g/mol. The van der Waals surface area contributed by atoms with E-state index >= 15 is 0 Å². The maximum atomic E-state index is 12.1. The van der Waals surface area contributed by atoms with Gasteiger partial charge in [0.05, 0.1) is 18.5 Å². The van der Waals surface area contributed by atoms with Gasteiger partial charge < -0.3 is 14.8 Å². The van der Waals surface area contributed by atoms with E-state index in [-0.39, 0.29) is 12.5 Å². The van der Waals surface area contributed by atoms with Crippen molar-refractivity contribution in [3.8, 4) is 0 Å². The molecule has 0 aliphatic heterocycles. The molecule has 1 amide bonds. The molecule has 100 valence electrons. The largest absolute Gasteiger partial charge is 0.456 e. The zero-order valence-electron chi connectivity index (χ0n) is 10.9. The van der Waals surface area contributed by atoms with Crippen LogP contribution in [-0.2, 0) is 13.0 Å². The van der Waals surface area contributed by atoms with Gasteiger partial charge in [-0.25, -0.2) is 0 Å². The summed E-state index contributed by atoms with van der Waals surface area (Å²) in [5, 5.41) is 11.9. The fourth-order valence-electron chi connectivity index (χ4n) is 1.80. The first kappa shape index (κ1) is 13.3. The van der Waals surface area contributed by atoms with Gasteiger partial charge in [-0.3, -0.25) is 9.78 Å². The van der Waals surface area contributed by atoms with E-state index in [1.807, 2.05) is 19.9 Å². The number of pyridine rings is 1. The Bertz CT molecular complexity index is 590. The van der Waals surface area contributed by atoms with E-state index in [0.717, 1.165) is 17.7 Å². The first-order valence-corrected chi connectivity index (χ1v) is 6.10. The van der Waals surface area contributed by atoms with Crippen LogP contribution in [0.5, 0.6) is 0 Å². The Morgan fingerprint density at radius 3 is 2.95 bits per heavy atom. The number of hydrogen-bond acceptors (Lipinski definition) is 4. The van der Waals surface area contributed by atoms with Gasteiger partial charge in [0.1, 0.15) is 5.76 Å². The number of aromatic nitrogens is 1. The maximum absolute atomic E-state index is 12.1. The molecule has 0 unspecified atom stereocenters. The second-order valence-electron chi connectivity index (χ2n) is 4.22. The number of carbonyl (C=O) groups is 1. The van der Waals surface area contributed by atoms with Gasteiger partial charge in [-0.15, -0.1) is 0 Å². The predicted molar refractivity (Wildman–Crippen MR) is 70.9 cm³/mol. The van der Waals surface area contributed by atoms with Crippen LogP contribution in [0.1, 0.15) is 34.4 Å². The van der Waals surface area contributed by atoms with Gasteiger partial charge in [0.15, 0.2) is 5.76 Å². The molecule has 2 heterocycles.